The lowest BCUT2D eigenvalue weighted by molar-refractivity contribution is 0.442. The lowest BCUT2D eigenvalue weighted by atomic mass is 10.1. The van der Waals surface area contributed by atoms with Crippen molar-refractivity contribution in [1.82, 2.24) is 0 Å². The Morgan fingerprint density at radius 3 is 3.00 bits per heavy atom. The Morgan fingerprint density at radius 1 is 1.33 bits per heavy atom. The van der Waals surface area contributed by atoms with Crippen molar-refractivity contribution in [2.45, 2.75) is 6.42 Å². The molecule has 1 radical (unpaired) electrons. The van der Waals surface area contributed by atoms with Crippen molar-refractivity contribution < 1.29 is 4.74 Å². The molecule has 0 spiro atoms. The summed E-state index contributed by atoms with van der Waals surface area (Å²) in [4.78, 5) is 0. The molecule has 1 aliphatic heterocycles. The van der Waals surface area contributed by atoms with Crippen LogP contribution in [-0.2, 0) is 6.42 Å². The Morgan fingerprint density at radius 2 is 2.17 bits per heavy atom. The fourth-order valence-corrected chi connectivity index (χ4v) is 1.32. The summed E-state index contributed by atoms with van der Waals surface area (Å²) in [6.45, 7) is 0. The van der Waals surface area contributed by atoms with Crippen LogP contribution in [0.1, 0.15) is 5.56 Å². The number of thiocarbonyl (C=S) groups is 1. The zero-order valence-electron chi connectivity index (χ0n) is 6.41. The van der Waals surface area contributed by atoms with Gasteiger partial charge in [-0.1, -0.05) is 30.4 Å². The first kappa shape index (κ1) is 7.50. The van der Waals surface area contributed by atoms with E-state index in [1.165, 1.54) is 5.56 Å². The summed E-state index contributed by atoms with van der Waals surface area (Å²) < 4.78 is 5.43. The smallest absolute Gasteiger partial charge is 0.143 e. The third-order valence-electron chi connectivity index (χ3n) is 1.80. The van der Waals surface area contributed by atoms with Crippen molar-refractivity contribution in [3.8, 4) is 5.75 Å². The highest BCUT2D eigenvalue weighted by atomic mass is 32.1. The molecule has 2 heteroatoms. The van der Waals surface area contributed by atoms with Crippen molar-refractivity contribution in [3.63, 3.8) is 0 Å². The second kappa shape index (κ2) is 3.07. The molecule has 1 aromatic rings. The van der Waals surface area contributed by atoms with Gasteiger partial charge in [-0.05, 0) is 24.1 Å². The van der Waals surface area contributed by atoms with Crippen LogP contribution in [-0.4, -0.2) is 5.37 Å². The quantitative estimate of drug-likeness (QED) is 0.606. The maximum atomic E-state index is 5.43. The van der Waals surface area contributed by atoms with E-state index in [0.29, 0.717) is 5.76 Å². The molecule has 0 N–H and O–H groups in total. The first-order chi connectivity index (χ1) is 5.90. The predicted octanol–water partition coefficient (Wildman–Crippen LogP) is 2.38. The van der Waals surface area contributed by atoms with E-state index in [-0.39, 0.29) is 0 Å². The van der Waals surface area contributed by atoms with Crippen molar-refractivity contribution in [3.05, 3.63) is 41.7 Å². The van der Waals surface area contributed by atoms with E-state index in [0.717, 1.165) is 12.2 Å². The minimum Gasteiger partial charge on any atom is -0.456 e. The molecule has 0 unspecified atom stereocenters. The molecule has 0 amide bonds. The van der Waals surface area contributed by atoms with Crippen molar-refractivity contribution in [1.29, 1.82) is 0 Å². The largest absolute Gasteiger partial charge is 0.456 e. The number of hydrogen-bond donors (Lipinski definition) is 0. The predicted molar refractivity (Wildman–Crippen MR) is 51.5 cm³/mol. The van der Waals surface area contributed by atoms with Gasteiger partial charge in [0.15, 0.2) is 0 Å². The summed E-state index contributed by atoms with van der Waals surface area (Å²) in [7, 11) is 0. The van der Waals surface area contributed by atoms with Crippen LogP contribution in [0.4, 0.5) is 0 Å². The molecule has 0 bridgehead atoms. The fraction of sp³-hybridized carbons (Fsp3) is 0.100. The van der Waals surface area contributed by atoms with E-state index >= 15 is 0 Å². The van der Waals surface area contributed by atoms with Gasteiger partial charge >= 0.3 is 0 Å². The lowest BCUT2D eigenvalue weighted by Gasteiger charge is -2.14. The molecule has 0 aromatic heterocycles. The van der Waals surface area contributed by atoms with Crippen LogP contribution in [0.15, 0.2) is 36.1 Å². The summed E-state index contributed by atoms with van der Waals surface area (Å²) in [5.74, 6) is 1.55. The van der Waals surface area contributed by atoms with Gasteiger partial charge in [0.05, 0.1) is 0 Å². The van der Waals surface area contributed by atoms with E-state index < -0.39 is 0 Å². The van der Waals surface area contributed by atoms with Gasteiger partial charge in [-0.3, -0.25) is 0 Å². The first-order valence-electron chi connectivity index (χ1n) is 3.74. The molecule has 1 aromatic carbocycles. The molecule has 12 heavy (non-hydrogen) atoms. The van der Waals surface area contributed by atoms with Crippen molar-refractivity contribution in [2.24, 2.45) is 0 Å². The molecule has 0 atom stereocenters. The van der Waals surface area contributed by atoms with Crippen LogP contribution in [0, 0.1) is 0 Å². The van der Waals surface area contributed by atoms with Crippen LogP contribution in [0.3, 0.4) is 0 Å². The second-order valence-corrected chi connectivity index (χ2v) is 2.79. The summed E-state index contributed by atoms with van der Waals surface area (Å²) in [5, 5.41) is 2.57. The van der Waals surface area contributed by atoms with Crippen LogP contribution < -0.4 is 4.74 Å². The zero-order chi connectivity index (χ0) is 8.39. The van der Waals surface area contributed by atoms with Gasteiger partial charge in [-0.2, -0.15) is 0 Å². The fourth-order valence-electron chi connectivity index (χ4n) is 1.20. The van der Waals surface area contributed by atoms with Gasteiger partial charge in [-0.15, -0.1) is 0 Å². The molecular weight excluding hydrogens is 168 g/mol. The number of fused-ring (bicyclic) bond motifs is 1. The minimum absolute atomic E-state index is 0.656. The highest BCUT2D eigenvalue weighted by molar-refractivity contribution is 7.79. The van der Waals surface area contributed by atoms with Gasteiger partial charge < -0.3 is 4.74 Å². The third kappa shape index (κ3) is 1.25. The van der Waals surface area contributed by atoms with E-state index in [2.05, 4.69) is 17.6 Å². The van der Waals surface area contributed by atoms with Gasteiger partial charge in [0.25, 0.3) is 0 Å². The first-order valence-corrected chi connectivity index (χ1v) is 4.15. The lowest BCUT2D eigenvalue weighted by Crippen LogP contribution is -2.04. The Labute approximate surface area is 76.7 Å². The maximum absolute atomic E-state index is 5.43. The average molecular weight is 175 g/mol. The van der Waals surface area contributed by atoms with E-state index in [1.54, 1.807) is 0 Å². The molecule has 1 aliphatic rings. The highest BCUT2D eigenvalue weighted by Crippen LogP contribution is 2.24. The summed E-state index contributed by atoms with van der Waals surface area (Å²) in [6.07, 6.45) is 2.82. The van der Waals surface area contributed by atoms with Gasteiger partial charge in [0, 0.05) is 0 Å². The molecule has 1 nitrogen and oxygen atoms in total. The van der Waals surface area contributed by atoms with E-state index in [1.807, 2.05) is 30.3 Å². The highest BCUT2D eigenvalue weighted by Gasteiger charge is 2.09. The second-order valence-electron chi connectivity index (χ2n) is 2.58. The molecule has 0 saturated carbocycles. The van der Waals surface area contributed by atoms with Crippen molar-refractivity contribution >= 4 is 17.6 Å². The standard InChI is InChI=1S/C10H7OS/c12-7-9-6-5-8-3-1-2-4-10(8)11-9/h1-4,6H,5H2. The molecular formula is C10H7OS. The van der Waals surface area contributed by atoms with Crippen LogP contribution in [0.2, 0.25) is 0 Å². The van der Waals surface area contributed by atoms with E-state index in [9.17, 15) is 0 Å². The summed E-state index contributed by atoms with van der Waals surface area (Å²) in [6, 6.07) is 7.94. The normalized spacial score (nSPS) is 14.2. The molecule has 0 fully saturated rings. The SMILES string of the molecule is S=[C]C1=CCc2ccccc2O1. The number of benzene rings is 1. The zero-order valence-corrected chi connectivity index (χ0v) is 7.23. The number of allylic oxidation sites excluding steroid dienone is 2. The van der Waals surface area contributed by atoms with Crippen LogP contribution in [0.25, 0.3) is 0 Å². The monoisotopic (exact) mass is 175 g/mol. The van der Waals surface area contributed by atoms with Crippen molar-refractivity contribution in [2.75, 3.05) is 0 Å². The number of hydrogen-bond acceptors (Lipinski definition) is 2. The minimum atomic E-state index is 0.656. The Kier molecular flexibility index (Phi) is 1.92. The molecule has 59 valence electrons. The Bertz CT molecular complexity index is 341. The Hall–Kier alpha value is -1.15. The summed E-state index contributed by atoms with van der Waals surface area (Å²) >= 11 is 4.66. The third-order valence-corrected chi connectivity index (χ3v) is 2.00. The summed E-state index contributed by atoms with van der Waals surface area (Å²) in [5.41, 5.74) is 1.20. The number of ether oxygens (including phenoxy) is 1. The average Bonchev–Trinajstić information content (AvgIpc) is 2.17. The molecule has 2 rings (SSSR count). The van der Waals surface area contributed by atoms with Gasteiger partial charge in [-0.25, -0.2) is 0 Å². The molecule has 1 heterocycles. The maximum Gasteiger partial charge on any atom is 0.143 e. The van der Waals surface area contributed by atoms with Gasteiger partial charge in [0.1, 0.15) is 16.9 Å². The topological polar surface area (TPSA) is 9.23 Å². The molecule has 0 saturated heterocycles. The van der Waals surface area contributed by atoms with Crippen LogP contribution >= 0.6 is 12.2 Å². The Balaban J connectivity index is 2.36. The van der Waals surface area contributed by atoms with E-state index in [4.69, 9.17) is 4.74 Å². The van der Waals surface area contributed by atoms with Crippen LogP contribution in [0.5, 0.6) is 5.75 Å². The van der Waals surface area contributed by atoms with Gasteiger partial charge in [0.2, 0.25) is 0 Å². The molecule has 0 aliphatic carbocycles. The number of rotatable bonds is 1. The number of para-hydroxylation sites is 1.